The summed E-state index contributed by atoms with van der Waals surface area (Å²) in [4.78, 5) is 24.8. The van der Waals surface area contributed by atoms with Crippen LogP contribution in [0, 0.1) is 0 Å². The van der Waals surface area contributed by atoms with Gasteiger partial charge in [-0.25, -0.2) is 18.3 Å². The molecule has 0 bridgehead atoms. The number of para-hydroxylation sites is 1. The second-order valence-electron chi connectivity index (χ2n) is 10.0. The van der Waals surface area contributed by atoms with Gasteiger partial charge in [0.2, 0.25) is 11.6 Å². The van der Waals surface area contributed by atoms with Crippen molar-refractivity contribution in [2.24, 2.45) is 0 Å². The van der Waals surface area contributed by atoms with E-state index in [1.54, 1.807) is 25.1 Å². The SMILES string of the molecule is CCOC(=O)[C@@H](C)N[P@](=O)(OC[C@H]1O[C@@H](n2cnc3c(NC4CC4)nc(N)nc32)[C@@](F)(CF)[C@@H]1O)Oc1ccccc1. The topological polar surface area (TPSA) is 185 Å². The zero-order valence-electron chi connectivity index (χ0n) is 22.9. The molecule has 2 aromatic heterocycles. The second-order valence-corrected chi connectivity index (χ2v) is 11.7. The van der Waals surface area contributed by atoms with Gasteiger partial charge in [0.25, 0.3) is 0 Å². The highest BCUT2D eigenvalue weighted by atomic mass is 31.2. The molecular weight excluding hydrogens is 579 g/mol. The van der Waals surface area contributed by atoms with Crippen LogP contribution in [0.4, 0.5) is 20.5 Å². The number of fused-ring (bicyclic) bond motifs is 1. The molecule has 0 amide bonds. The Hall–Kier alpha value is -3.43. The Morgan fingerprint density at radius 2 is 2.07 bits per heavy atom. The van der Waals surface area contributed by atoms with Crippen molar-refractivity contribution >= 4 is 36.6 Å². The van der Waals surface area contributed by atoms with Crippen LogP contribution >= 0.6 is 7.75 Å². The fourth-order valence-electron chi connectivity index (χ4n) is 4.45. The van der Waals surface area contributed by atoms with Crippen molar-refractivity contribution in [1.29, 1.82) is 0 Å². The molecule has 17 heteroatoms. The highest BCUT2D eigenvalue weighted by Gasteiger charge is 2.59. The number of hydrogen-bond donors (Lipinski definition) is 4. The first kappa shape index (κ1) is 30.0. The lowest BCUT2D eigenvalue weighted by molar-refractivity contribution is -0.144. The minimum absolute atomic E-state index is 0.0582. The van der Waals surface area contributed by atoms with Crippen LogP contribution < -0.4 is 20.7 Å². The Bertz CT molecular complexity index is 1460. The number of carbonyl (C=O) groups excluding carboxylic acids is 1. The number of alkyl halides is 2. The number of halogens is 2. The number of nitrogens with two attached hydrogens (primary N) is 1. The number of nitrogens with zero attached hydrogens (tertiary/aromatic N) is 4. The van der Waals surface area contributed by atoms with Gasteiger partial charge in [0.1, 0.15) is 30.7 Å². The van der Waals surface area contributed by atoms with E-state index in [2.05, 4.69) is 25.4 Å². The third kappa shape index (κ3) is 6.17. The van der Waals surface area contributed by atoms with Gasteiger partial charge in [-0.05, 0) is 38.8 Å². The van der Waals surface area contributed by atoms with Gasteiger partial charge in [0, 0.05) is 6.04 Å². The van der Waals surface area contributed by atoms with Gasteiger partial charge in [-0.1, -0.05) is 18.2 Å². The van der Waals surface area contributed by atoms with Crippen LogP contribution in [0.5, 0.6) is 5.75 Å². The molecule has 2 fully saturated rings. The molecule has 3 aromatic rings. The maximum atomic E-state index is 16.1. The summed E-state index contributed by atoms with van der Waals surface area (Å²) in [6, 6.07) is 7.02. The molecule has 1 aromatic carbocycles. The molecule has 6 atom stereocenters. The first-order valence-corrected chi connectivity index (χ1v) is 14.9. The number of carbonyl (C=O) groups is 1. The largest absolute Gasteiger partial charge is 0.465 e. The molecule has 0 unspecified atom stereocenters. The summed E-state index contributed by atoms with van der Waals surface area (Å²) in [5.74, 6) is -0.380. The van der Waals surface area contributed by atoms with Crippen molar-refractivity contribution in [3.05, 3.63) is 36.7 Å². The molecule has 1 saturated carbocycles. The van der Waals surface area contributed by atoms with Crippen molar-refractivity contribution in [3.8, 4) is 5.75 Å². The van der Waals surface area contributed by atoms with E-state index in [1.165, 1.54) is 25.4 Å². The van der Waals surface area contributed by atoms with Crippen molar-refractivity contribution in [2.45, 2.75) is 62.9 Å². The van der Waals surface area contributed by atoms with Crippen LogP contribution in [-0.2, 0) is 23.4 Å². The third-order valence-electron chi connectivity index (χ3n) is 6.74. The predicted molar refractivity (Wildman–Crippen MR) is 146 cm³/mol. The number of benzene rings is 1. The molecule has 5 rings (SSSR count). The zero-order chi connectivity index (χ0) is 30.1. The van der Waals surface area contributed by atoms with Crippen LogP contribution in [0.15, 0.2) is 36.7 Å². The number of aliphatic hydroxyl groups is 1. The van der Waals surface area contributed by atoms with E-state index < -0.39 is 57.1 Å². The second kappa shape index (κ2) is 12.1. The summed E-state index contributed by atoms with van der Waals surface area (Å²) in [5.41, 5.74) is 3.22. The van der Waals surface area contributed by atoms with Crippen molar-refractivity contribution in [2.75, 3.05) is 30.9 Å². The molecule has 1 saturated heterocycles. The number of hydrogen-bond acceptors (Lipinski definition) is 12. The van der Waals surface area contributed by atoms with Gasteiger partial charge in [-0.3, -0.25) is 13.9 Å². The highest BCUT2D eigenvalue weighted by Crippen LogP contribution is 2.48. The lowest BCUT2D eigenvalue weighted by atomic mass is 9.97. The summed E-state index contributed by atoms with van der Waals surface area (Å²) < 4.78 is 67.0. The maximum absolute atomic E-state index is 16.1. The van der Waals surface area contributed by atoms with E-state index in [0.29, 0.717) is 5.82 Å². The van der Waals surface area contributed by atoms with Gasteiger partial charge in [-0.15, -0.1) is 0 Å². The molecule has 228 valence electrons. The lowest BCUT2D eigenvalue weighted by Gasteiger charge is -2.26. The molecule has 1 aliphatic carbocycles. The van der Waals surface area contributed by atoms with E-state index in [9.17, 15) is 18.9 Å². The van der Waals surface area contributed by atoms with Crippen LogP contribution in [0.3, 0.4) is 0 Å². The summed E-state index contributed by atoms with van der Waals surface area (Å²) in [6.07, 6.45) is -2.28. The zero-order valence-corrected chi connectivity index (χ0v) is 23.7. The molecule has 0 radical (unpaired) electrons. The van der Waals surface area contributed by atoms with E-state index in [1.807, 2.05) is 0 Å². The Kier molecular flexibility index (Phi) is 8.62. The molecule has 1 aliphatic heterocycles. The first-order valence-electron chi connectivity index (χ1n) is 13.4. The lowest BCUT2D eigenvalue weighted by Crippen LogP contribution is -2.45. The average Bonchev–Trinajstić information content (AvgIpc) is 3.62. The molecule has 3 heterocycles. The average molecular weight is 612 g/mol. The van der Waals surface area contributed by atoms with Gasteiger partial charge >= 0.3 is 13.7 Å². The molecule has 0 spiro atoms. The van der Waals surface area contributed by atoms with Crippen molar-refractivity contribution < 1.29 is 41.8 Å². The summed E-state index contributed by atoms with van der Waals surface area (Å²) >= 11 is 0. The van der Waals surface area contributed by atoms with E-state index in [-0.39, 0.29) is 35.5 Å². The number of nitrogen functional groups attached to an aromatic ring is 1. The third-order valence-corrected chi connectivity index (χ3v) is 8.39. The van der Waals surface area contributed by atoms with Crippen molar-refractivity contribution in [3.63, 3.8) is 0 Å². The molecule has 5 N–H and O–H groups in total. The maximum Gasteiger partial charge on any atom is 0.459 e. The molecule has 42 heavy (non-hydrogen) atoms. The summed E-state index contributed by atoms with van der Waals surface area (Å²) in [6.45, 7) is 0.726. The number of imidazole rings is 1. The Balaban J connectivity index is 1.39. The number of anilines is 2. The van der Waals surface area contributed by atoms with Gasteiger partial charge in [-0.2, -0.15) is 15.1 Å². The number of ether oxygens (including phenoxy) is 2. The Labute approximate surface area is 239 Å². The van der Waals surface area contributed by atoms with Gasteiger partial charge in [0.05, 0.1) is 19.5 Å². The summed E-state index contributed by atoms with van der Waals surface area (Å²) in [7, 11) is -4.37. The minimum Gasteiger partial charge on any atom is -0.465 e. The monoisotopic (exact) mass is 611 g/mol. The quantitative estimate of drug-likeness (QED) is 0.163. The summed E-state index contributed by atoms with van der Waals surface area (Å²) in [5, 5.41) is 16.5. The van der Waals surface area contributed by atoms with Gasteiger partial charge < -0.3 is 30.2 Å². The normalized spacial score (nSPS) is 26.1. The predicted octanol–water partition coefficient (Wildman–Crippen LogP) is 2.66. The standard InChI is InChI=1S/C25H32F2N7O7P/c1-3-38-22(36)14(2)33-42(37,41-16-7-5-4-6-8-16)39-11-17-19(35)25(27,12-26)23(40-17)34-13-29-18-20(30-15-9-10-15)31-24(28)32-21(18)34/h4-8,13-15,17,19,23,35H,3,9-12H2,1-2H3,(H,33,37)(H3,28,30,31,32)/t14-,17-,19-,23-,25-,42+/m1/s1. The Morgan fingerprint density at radius 3 is 2.74 bits per heavy atom. The highest BCUT2D eigenvalue weighted by molar-refractivity contribution is 7.52. The molecule has 14 nitrogen and oxygen atoms in total. The minimum atomic E-state index is -4.37. The van der Waals surface area contributed by atoms with Crippen molar-refractivity contribution in [1.82, 2.24) is 24.6 Å². The molecule has 2 aliphatic rings. The van der Waals surface area contributed by atoms with E-state index >= 15 is 4.39 Å². The number of aromatic nitrogens is 4. The number of nitrogens with one attached hydrogen (secondary N) is 2. The fourth-order valence-corrected chi connectivity index (χ4v) is 5.95. The van der Waals surface area contributed by atoms with Gasteiger partial charge in [0.15, 0.2) is 23.2 Å². The van der Waals surface area contributed by atoms with E-state index in [0.717, 1.165) is 17.4 Å². The number of aliphatic hydroxyl groups excluding tert-OH is 1. The van der Waals surface area contributed by atoms with Crippen LogP contribution in [0.2, 0.25) is 0 Å². The van der Waals surface area contributed by atoms with Crippen LogP contribution in [-0.4, -0.2) is 80.4 Å². The first-order chi connectivity index (χ1) is 20.1. The number of rotatable bonds is 13. The Morgan fingerprint density at radius 1 is 1.33 bits per heavy atom. The smallest absolute Gasteiger partial charge is 0.459 e. The van der Waals surface area contributed by atoms with Crippen LogP contribution in [0.25, 0.3) is 11.2 Å². The molecular formula is C25H32F2N7O7P. The fraction of sp³-hybridized carbons (Fsp3) is 0.520. The van der Waals surface area contributed by atoms with E-state index in [4.69, 9.17) is 24.3 Å². The van der Waals surface area contributed by atoms with Crippen LogP contribution in [0.1, 0.15) is 32.9 Å². The number of esters is 1.